The molecule has 1 saturated heterocycles. The molecule has 4 nitrogen and oxygen atoms in total. The quantitative estimate of drug-likeness (QED) is 0.816. The molecular formula is C21H25FN2O2. The molecule has 0 unspecified atom stereocenters. The Hall–Kier alpha value is -1.98. The molecular weight excluding hydrogens is 331 g/mol. The zero-order valence-electron chi connectivity index (χ0n) is 15.1. The number of nitrogens with zero attached hydrogens (tertiary/aromatic N) is 2. The number of benzene rings is 1. The third-order valence-corrected chi connectivity index (χ3v) is 5.85. The second-order valence-electron chi connectivity index (χ2n) is 7.32. The maximum atomic E-state index is 13.5. The van der Waals surface area contributed by atoms with E-state index in [4.69, 9.17) is 9.47 Å². The van der Waals surface area contributed by atoms with Crippen molar-refractivity contribution in [3.63, 3.8) is 0 Å². The van der Waals surface area contributed by atoms with Crippen LogP contribution in [-0.4, -0.2) is 41.3 Å². The fraction of sp³-hybridized carbons (Fsp3) is 0.476. The zero-order chi connectivity index (χ0) is 18.0. The average molecular weight is 356 g/mol. The number of rotatable bonds is 5. The van der Waals surface area contributed by atoms with E-state index in [0.717, 1.165) is 44.3 Å². The first-order valence-electron chi connectivity index (χ1n) is 9.30. The number of aromatic nitrogens is 1. The fourth-order valence-electron chi connectivity index (χ4n) is 4.51. The Morgan fingerprint density at radius 1 is 1.23 bits per heavy atom. The average Bonchev–Trinajstić information content (AvgIpc) is 3.01. The lowest BCUT2D eigenvalue weighted by Crippen LogP contribution is -2.52. The van der Waals surface area contributed by atoms with Crippen LogP contribution in [-0.2, 0) is 11.3 Å². The molecule has 0 bridgehead atoms. The Morgan fingerprint density at radius 3 is 2.92 bits per heavy atom. The lowest BCUT2D eigenvalue weighted by atomic mass is 9.79. The molecule has 0 N–H and O–H groups in total. The van der Waals surface area contributed by atoms with Crippen molar-refractivity contribution in [3.05, 3.63) is 60.0 Å². The van der Waals surface area contributed by atoms with Crippen LogP contribution in [0.3, 0.4) is 0 Å². The van der Waals surface area contributed by atoms with Crippen molar-refractivity contribution in [3.8, 4) is 5.88 Å². The van der Waals surface area contributed by atoms with Gasteiger partial charge in [-0.2, -0.15) is 0 Å². The van der Waals surface area contributed by atoms with E-state index in [0.29, 0.717) is 5.88 Å². The molecule has 1 aromatic carbocycles. The Labute approximate surface area is 153 Å². The zero-order valence-corrected chi connectivity index (χ0v) is 15.1. The highest BCUT2D eigenvalue weighted by molar-refractivity contribution is 5.18. The Kier molecular flexibility index (Phi) is 4.92. The summed E-state index contributed by atoms with van der Waals surface area (Å²) in [6, 6.07) is 12.9. The Morgan fingerprint density at radius 2 is 2.15 bits per heavy atom. The Balaban J connectivity index is 1.49. The van der Waals surface area contributed by atoms with Crippen LogP contribution < -0.4 is 4.74 Å². The minimum atomic E-state index is -0.181. The summed E-state index contributed by atoms with van der Waals surface area (Å²) in [7, 11) is 1.82. The van der Waals surface area contributed by atoms with Crippen LogP contribution in [0.4, 0.5) is 4.39 Å². The number of hydrogen-bond donors (Lipinski definition) is 0. The number of pyridine rings is 1. The van der Waals surface area contributed by atoms with Gasteiger partial charge in [-0.25, -0.2) is 9.37 Å². The van der Waals surface area contributed by atoms with Crippen molar-refractivity contribution < 1.29 is 13.9 Å². The van der Waals surface area contributed by atoms with Crippen LogP contribution in [0, 0.1) is 5.82 Å². The van der Waals surface area contributed by atoms with Crippen LogP contribution in [0.5, 0.6) is 5.88 Å². The normalized spacial score (nSPS) is 28.7. The van der Waals surface area contributed by atoms with Crippen molar-refractivity contribution in [2.75, 3.05) is 13.7 Å². The molecule has 0 amide bonds. The number of hydrogen-bond acceptors (Lipinski definition) is 4. The van der Waals surface area contributed by atoms with Gasteiger partial charge >= 0.3 is 0 Å². The third kappa shape index (κ3) is 3.46. The van der Waals surface area contributed by atoms with Gasteiger partial charge in [0.2, 0.25) is 5.88 Å². The summed E-state index contributed by atoms with van der Waals surface area (Å²) in [6.45, 7) is 1.70. The second-order valence-corrected chi connectivity index (χ2v) is 7.32. The van der Waals surface area contributed by atoms with E-state index in [1.807, 2.05) is 31.4 Å². The van der Waals surface area contributed by atoms with Gasteiger partial charge in [-0.1, -0.05) is 18.2 Å². The number of methoxy groups -OCH3 is 1. The molecule has 1 saturated carbocycles. The molecule has 138 valence electrons. The maximum absolute atomic E-state index is 13.5. The predicted octanol–water partition coefficient (Wildman–Crippen LogP) is 3.81. The summed E-state index contributed by atoms with van der Waals surface area (Å²) >= 11 is 0. The van der Waals surface area contributed by atoms with E-state index in [2.05, 4.69) is 9.88 Å². The maximum Gasteiger partial charge on any atom is 0.213 e. The standard InChI is InChI=1S/C21H25FN2O2/c1-25-21-9-8-18(26-20-7-2-3-11-23-20)14-19(21)24(12-10-21)15-16-5-4-6-17(22)13-16/h2-7,11,13,18-19H,8-10,12,14-15H2,1H3/t18-,19+,21-/m1/s1. The number of halogens is 1. The van der Waals surface area contributed by atoms with E-state index in [9.17, 15) is 4.39 Å². The molecule has 2 aliphatic rings. The summed E-state index contributed by atoms with van der Waals surface area (Å²) in [5, 5.41) is 0. The van der Waals surface area contributed by atoms with E-state index < -0.39 is 0 Å². The van der Waals surface area contributed by atoms with Gasteiger partial charge in [0.05, 0.1) is 5.60 Å². The lowest BCUT2D eigenvalue weighted by molar-refractivity contribution is -0.0843. The highest BCUT2D eigenvalue weighted by atomic mass is 19.1. The van der Waals surface area contributed by atoms with Gasteiger partial charge in [-0.05, 0) is 43.0 Å². The van der Waals surface area contributed by atoms with E-state index in [1.54, 1.807) is 18.3 Å². The summed E-state index contributed by atoms with van der Waals surface area (Å²) < 4.78 is 25.7. The summed E-state index contributed by atoms with van der Waals surface area (Å²) in [4.78, 5) is 6.71. The third-order valence-electron chi connectivity index (χ3n) is 5.85. The molecule has 2 fully saturated rings. The van der Waals surface area contributed by atoms with Crippen LogP contribution in [0.2, 0.25) is 0 Å². The first kappa shape index (κ1) is 17.4. The molecule has 0 radical (unpaired) electrons. The molecule has 4 rings (SSSR count). The summed E-state index contributed by atoms with van der Waals surface area (Å²) in [5.41, 5.74) is 0.891. The van der Waals surface area contributed by atoms with Gasteiger partial charge in [0.1, 0.15) is 11.9 Å². The van der Waals surface area contributed by atoms with Gasteiger partial charge in [0.15, 0.2) is 0 Å². The van der Waals surface area contributed by atoms with Gasteiger partial charge in [0.25, 0.3) is 0 Å². The highest BCUT2D eigenvalue weighted by Gasteiger charge is 2.51. The van der Waals surface area contributed by atoms with Crippen molar-refractivity contribution in [2.45, 2.75) is 50.0 Å². The van der Waals surface area contributed by atoms with Gasteiger partial charge in [-0.3, -0.25) is 4.90 Å². The highest BCUT2D eigenvalue weighted by Crippen LogP contribution is 2.43. The molecule has 26 heavy (non-hydrogen) atoms. The lowest BCUT2D eigenvalue weighted by Gasteiger charge is -2.43. The smallest absolute Gasteiger partial charge is 0.213 e. The number of fused-ring (bicyclic) bond motifs is 1. The van der Waals surface area contributed by atoms with Gasteiger partial charge in [0, 0.05) is 44.9 Å². The molecule has 1 aliphatic heterocycles. The molecule has 3 atom stereocenters. The minimum absolute atomic E-state index is 0.114. The van der Waals surface area contributed by atoms with E-state index in [-0.39, 0.29) is 23.6 Å². The van der Waals surface area contributed by atoms with Crippen molar-refractivity contribution in [1.29, 1.82) is 0 Å². The molecule has 5 heteroatoms. The second kappa shape index (κ2) is 7.33. The Bertz CT molecular complexity index is 742. The van der Waals surface area contributed by atoms with Crippen molar-refractivity contribution >= 4 is 0 Å². The molecule has 1 aromatic heterocycles. The fourth-order valence-corrected chi connectivity index (χ4v) is 4.51. The minimum Gasteiger partial charge on any atom is -0.474 e. The first-order valence-corrected chi connectivity index (χ1v) is 9.30. The summed E-state index contributed by atoms with van der Waals surface area (Å²) in [6.07, 6.45) is 5.74. The molecule has 2 aromatic rings. The number of ether oxygens (including phenoxy) is 2. The SMILES string of the molecule is CO[C@@]12CC[C@@H](Oc3ccccn3)C[C@@H]1N(Cc1cccc(F)c1)CC2. The predicted molar refractivity (Wildman–Crippen MR) is 97.5 cm³/mol. The largest absolute Gasteiger partial charge is 0.474 e. The van der Waals surface area contributed by atoms with Crippen LogP contribution in [0.1, 0.15) is 31.2 Å². The van der Waals surface area contributed by atoms with E-state index >= 15 is 0 Å². The number of likely N-dealkylation sites (tertiary alicyclic amines) is 1. The molecule has 2 heterocycles. The topological polar surface area (TPSA) is 34.6 Å². The van der Waals surface area contributed by atoms with Crippen molar-refractivity contribution in [1.82, 2.24) is 9.88 Å². The van der Waals surface area contributed by atoms with Gasteiger partial charge < -0.3 is 9.47 Å². The van der Waals surface area contributed by atoms with Crippen LogP contribution >= 0.6 is 0 Å². The van der Waals surface area contributed by atoms with Crippen LogP contribution in [0.15, 0.2) is 48.7 Å². The van der Waals surface area contributed by atoms with E-state index in [1.165, 1.54) is 6.07 Å². The van der Waals surface area contributed by atoms with Gasteiger partial charge in [-0.15, -0.1) is 0 Å². The molecule has 0 spiro atoms. The monoisotopic (exact) mass is 356 g/mol. The molecule has 1 aliphatic carbocycles. The van der Waals surface area contributed by atoms with Crippen molar-refractivity contribution in [2.24, 2.45) is 0 Å². The first-order chi connectivity index (χ1) is 12.7. The summed E-state index contributed by atoms with van der Waals surface area (Å²) in [5.74, 6) is 0.497. The van der Waals surface area contributed by atoms with Crippen LogP contribution in [0.25, 0.3) is 0 Å².